The number of thiazole rings is 1. The number of hydrogen-bond acceptors (Lipinski definition) is 6. The van der Waals surface area contributed by atoms with Crippen molar-refractivity contribution < 1.29 is 17.6 Å². The van der Waals surface area contributed by atoms with Crippen LogP contribution in [0.1, 0.15) is 11.1 Å². The fraction of sp³-hybridized carbons (Fsp3) is 0.333. The van der Waals surface area contributed by atoms with Crippen LogP contribution < -0.4 is 4.90 Å². The number of halogens is 1. The van der Waals surface area contributed by atoms with Crippen LogP contribution in [0.3, 0.4) is 0 Å². The Hall–Kier alpha value is -2.36. The van der Waals surface area contributed by atoms with Gasteiger partial charge in [0.1, 0.15) is 11.6 Å². The lowest BCUT2D eigenvalue weighted by Gasteiger charge is -2.22. The highest BCUT2D eigenvalue weighted by Gasteiger charge is 2.27. The molecule has 0 atom stereocenters. The number of amides is 1. The molecule has 0 unspecified atom stereocenters. The van der Waals surface area contributed by atoms with E-state index in [4.69, 9.17) is 0 Å². The lowest BCUT2D eigenvalue weighted by Crippen LogP contribution is -2.40. The number of hydrogen-bond donors (Lipinski definition) is 0. The molecule has 0 aliphatic rings. The lowest BCUT2D eigenvalue weighted by molar-refractivity contribution is -0.116. The van der Waals surface area contributed by atoms with Crippen LogP contribution >= 0.6 is 11.3 Å². The Bertz CT molecular complexity index is 1170. The van der Waals surface area contributed by atoms with Crippen LogP contribution in [0.2, 0.25) is 0 Å². The monoisotopic (exact) mass is 449 g/mol. The Kier molecular flexibility index (Phi) is 6.54. The fourth-order valence-corrected chi connectivity index (χ4v) is 5.19. The van der Waals surface area contributed by atoms with E-state index in [1.165, 1.54) is 28.4 Å². The van der Waals surface area contributed by atoms with Crippen molar-refractivity contribution in [1.82, 2.24) is 9.88 Å². The van der Waals surface area contributed by atoms with Gasteiger partial charge in [-0.15, -0.1) is 0 Å². The SMILES string of the molecule is Cc1ccc2sc(N(CCN(C)C)C(=O)CS(=O)(=O)c3ccc(F)cc3)nc2c1C. The van der Waals surface area contributed by atoms with Crippen molar-refractivity contribution in [3.05, 3.63) is 53.3 Å². The third-order valence-electron chi connectivity index (χ3n) is 4.86. The summed E-state index contributed by atoms with van der Waals surface area (Å²) in [6, 6.07) is 8.45. The van der Waals surface area contributed by atoms with Crippen molar-refractivity contribution in [3.63, 3.8) is 0 Å². The highest BCUT2D eigenvalue weighted by atomic mass is 32.2. The van der Waals surface area contributed by atoms with Gasteiger partial charge in [0.05, 0.1) is 15.1 Å². The minimum absolute atomic E-state index is 0.0828. The van der Waals surface area contributed by atoms with E-state index < -0.39 is 27.3 Å². The second-order valence-electron chi connectivity index (χ2n) is 7.41. The van der Waals surface area contributed by atoms with Crippen LogP contribution in [-0.2, 0) is 14.6 Å². The van der Waals surface area contributed by atoms with E-state index in [1.54, 1.807) is 0 Å². The number of rotatable bonds is 7. The van der Waals surface area contributed by atoms with Crippen LogP contribution in [0.25, 0.3) is 10.2 Å². The average molecular weight is 450 g/mol. The molecule has 0 bridgehead atoms. The number of nitrogens with zero attached hydrogens (tertiary/aromatic N) is 3. The van der Waals surface area contributed by atoms with E-state index in [1.807, 2.05) is 45.0 Å². The molecule has 0 saturated carbocycles. The van der Waals surface area contributed by atoms with Crippen LogP contribution in [0, 0.1) is 19.7 Å². The molecule has 0 aliphatic carbocycles. The Labute approximate surface area is 179 Å². The number of anilines is 1. The molecule has 0 N–H and O–H groups in total. The summed E-state index contributed by atoms with van der Waals surface area (Å²) < 4.78 is 39.5. The molecule has 0 saturated heterocycles. The predicted octanol–water partition coefficient (Wildman–Crippen LogP) is 3.42. The normalized spacial score (nSPS) is 11.9. The molecule has 160 valence electrons. The van der Waals surface area contributed by atoms with Crippen LogP contribution in [0.5, 0.6) is 0 Å². The maximum absolute atomic E-state index is 13.1. The summed E-state index contributed by atoms with van der Waals surface area (Å²) in [7, 11) is -0.150. The number of sulfone groups is 1. The second-order valence-corrected chi connectivity index (χ2v) is 10.4. The first kappa shape index (κ1) is 22.3. The molecule has 0 radical (unpaired) electrons. The number of carbonyl (C=O) groups excluding carboxylic acids is 1. The van der Waals surface area contributed by atoms with Crippen LogP contribution in [0.4, 0.5) is 9.52 Å². The van der Waals surface area contributed by atoms with Gasteiger partial charge in [-0.3, -0.25) is 9.69 Å². The number of aromatic nitrogens is 1. The topological polar surface area (TPSA) is 70.6 Å². The summed E-state index contributed by atoms with van der Waals surface area (Å²) in [4.78, 5) is 21.0. The highest BCUT2D eigenvalue weighted by Crippen LogP contribution is 2.32. The molecule has 30 heavy (non-hydrogen) atoms. The highest BCUT2D eigenvalue weighted by molar-refractivity contribution is 7.92. The van der Waals surface area contributed by atoms with Crippen molar-refractivity contribution in [2.45, 2.75) is 18.7 Å². The second kappa shape index (κ2) is 8.79. The first-order chi connectivity index (χ1) is 14.1. The molecule has 1 aromatic heterocycles. The minimum Gasteiger partial charge on any atom is -0.308 e. The van der Waals surface area contributed by atoms with E-state index in [2.05, 4.69) is 4.98 Å². The van der Waals surface area contributed by atoms with Crippen molar-refractivity contribution in [2.75, 3.05) is 37.8 Å². The lowest BCUT2D eigenvalue weighted by atomic mass is 10.1. The van der Waals surface area contributed by atoms with E-state index in [0.717, 1.165) is 33.5 Å². The third-order valence-corrected chi connectivity index (χ3v) is 7.52. The summed E-state index contributed by atoms with van der Waals surface area (Å²) >= 11 is 1.36. The molecule has 1 heterocycles. The van der Waals surface area contributed by atoms with Gasteiger partial charge in [0.25, 0.3) is 0 Å². The van der Waals surface area contributed by atoms with Gasteiger partial charge < -0.3 is 4.90 Å². The standard InChI is InChI=1S/C21H24FN3O3S2/c1-14-5-10-18-20(15(14)2)23-21(29-18)25(12-11-24(3)4)19(26)13-30(27,28)17-8-6-16(22)7-9-17/h5-10H,11-13H2,1-4H3. The van der Waals surface area contributed by atoms with Gasteiger partial charge in [-0.05, 0) is 69.4 Å². The maximum atomic E-state index is 13.1. The quantitative estimate of drug-likeness (QED) is 0.517. The maximum Gasteiger partial charge on any atom is 0.244 e. The minimum atomic E-state index is -3.91. The molecule has 6 nitrogen and oxygen atoms in total. The largest absolute Gasteiger partial charge is 0.308 e. The first-order valence-corrected chi connectivity index (χ1v) is 11.9. The molecule has 0 fully saturated rings. The van der Waals surface area contributed by atoms with Crippen LogP contribution in [-0.4, -0.2) is 57.1 Å². The molecule has 2 aromatic carbocycles. The van der Waals surface area contributed by atoms with Gasteiger partial charge in [-0.25, -0.2) is 17.8 Å². The number of fused-ring (bicyclic) bond motifs is 1. The summed E-state index contributed by atoms with van der Waals surface area (Å²) in [6.45, 7) is 4.84. The Balaban J connectivity index is 1.94. The van der Waals surface area contributed by atoms with Gasteiger partial charge in [-0.1, -0.05) is 17.4 Å². The third kappa shape index (κ3) is 4.85. The molecule has 9 heteroatoms. The average Bonchev–Trinajstić information content (AvgIpc) is 3.09. The van der Waals surface area contributed by atoms with E-state index >= 15 is 0 Å². The van der Waals surface area contributed by atoms with Gasteiger partial charge in [0.15, 0.2) is 15.0 Å². The van der Waals surface area contributed by atoms with Gasteiger partial charge >= 0.3 is 0 Å². The van der Waals surface area contributed by atoms with Crippen molar-refractivity contribution in [1.29, 1.82) is 0 Å². The van der Waals surface area contributed by atoms with Gasteiger partial charge in [0.2, 0.25) is 5.91 Å². The number of carbonyl (C=O) groups is 1. The number of likely N-dealkylation sites (N-methyl/N-ethyl adjacent to an activating group) is 1. The molecular formula is C21H24FN3O3S2. The van der Waals surface area contributed by atoms with Crippen LogP contribution in [0.15, 0.2) is 41.3 Å². The van der Waals surface area contributed by atoms with Gasteiger partial charge in [-0.2, -0.15) is 0 Å². The van der Waals surface area contributed by atoms with Crippen molar-refractivity contribution in [2.24, 2.45) is 0 Å². The van der Waals surface area contributed by atoms with E-state index in [9.17, 15) is 17.6 Å². The summed E-state index contributed by atoms with van der Waals surface area (Å²) in [5.74, 6) is -1.80. The smallest absolute Gasteiger partial charge is 0.244 e. The van der Waals surface area contributed by atoms with Crippen molar-refractivity contribution >= 4 is 42.4 Å². The fourth-order valence-electron chi connectivity index (χ4n) is 2.92. The summed E-state index contributed by atoms with van der Waals surface area (Å²) in [5.41, 5.74) is 2.96. The molecule has 0 spiro atoms. The molecule has 3 rings (SSSR count). The Morgan fingerprint density at radius 2 is 1.73 bits per heavy atom. The zero-order chi connectivity index (χ0) is 22.1. The van der Waals surface area contributed by atoms with E-state index in [-0.39, 0.29) is 4.90 Å². The van der Waals surface area contributed by atoms with E-state index in [0.29, 0.717) is 18.2 Å². The Morgan fingerprint density at radius 1 is 1.07 bits per heavy atom. The number of aryl methyl sites for hydroxylation is 2. The zero-order valence-electron chi connectivity index (χ0n) is 17.3. The molecule has 1 amide bonds. The zero-order valence-corrected chi connectivity index (χ0v) is 19.0. The summed E-state index contributed by atoms with van der Waals surface area (Å²) in [5, 5.41) is 0.472. The Morgan fingerprint density at radius 3 is 2.37 bits per heavy atom. The van der Waals surface area contributed by atoms with Crippen molar-refractivity contribution in [3.8, 4) is 0 Å². The summed E-state index contributed by atoms with van der Waals surface area (Å²) in [6.07, 6.45) is 0. The molecular weight excluding hydrogens is 425 g/mol. The molecule has 3 aromatic rings. The first-order valence-electron chi connectivity index (χ1n) is 9.38. The molecule has 0 aliphatic heterocycles. The number of benzene rings is 2. The predicted molar refractivity (Wildman–Crippen MR) is 118 cm³/mol. The van der Waals surface area contributed by atoms with Gasteiger partial charge in [0, 0.05) is 13.1 Å².